The van der Waals surface area contributed by atoms with E-state index in [0.29, 0.717) is 0 Å². The van der Waals surface area contributed by atoms with Crippen LogP contribution in [0.15, 0.2) is 60.7 Å². The first-order valence-corrected chi connectivity index (χ1v) is 5.14. The van der Waals surface area contributed by atoms with E-state index in [9.17, 15) is 19.8 Å². The Morgan fingerprint density at radius 2 is 0.895 bits per heavy atom. The number of benzene rings is 2. The molecule has 0 aromatic heterocycles. The molecule has 0 unspecified atom stereocenters. The van der Waals surface area contributed by atoms with Gasteiger partial charge in [-0.15, -0.1) is 0 Å². The first-order chi connectivity index (χ1) is 8.61. The summed E-state index contributed by atoms with van der Waals surface area (Å²) in [6.07, 6.45) is 0. The van der Waals surface area contributed by atoms with Crippen LogP contribution >= 0.6 is 0 Å². The molecule has 0 fully saturated rings. The fraction of sp³-hybridized carbons (Fsp3) is 0. The van der Waals surface area contributed by atoms with E-state index >= 15 is 0 Å². The molecule has 0 atom stereocenters. The largest absolute Gasteiger partial charge is 2.00 e. The monoisotopic (exact) mass is 251 g/mol. The van der Waals surface area contributed by atoms with Crippen molar-refractivity contribution in [3.8, 4) is 0 Å². The Hall–Kier alpha value is -2.45. The van der Waals surface area contributed by atoms with Crippen molar-refractivity contribution in [3.63, 3.8) is 0 Å². The van der Waals surface area contributed by atoms with Gasteiger partial charge in [0.15, 0.2) is 0 Å². The minimum Gasteiger partial charge on any atom is -0.545 e. The first kappa shape index (κ1) is 16.5. The summed E-state index contributed by atoms with van der Waals surface area (Å²) in [7, 11) is 0. The summed E-state index contributed by atoms with van der Waals surface area (Å²) in [5.74, 6) is -2.26. The molecule has 0 bridgehead atoms. The molecule has 2 rings (SSSR count). The number of rotatable bonds is 2. The van der Waals surface area contributed by atoms with Crippen molar-refractivity contribution < 1.29 is 19.8 Å². The summed E-state index contributed by atoms with van der Waals surface area (Å²) in [5.41, 5.74) is 0.440. The maximum atomic E-state index is 10.1. The third-order valence-corrected chi connectivity index (χ3v) is 2.02. The second kappa shape index (κ2) is 8.61. The Labute approximate surface area is 114 Å². The summed E-state index contributed by atoms with van der Waals surface area (Å²) < 4.78 is 0. The van der Waals surface area contributed by atoms with Crippen molar-refractivity contribution in [1.29, 1.82) is 0 Å². The molecule has 0 aliphatic heterocycles. The average molecular weight is 251 g/mol. The van der Waals surface area contributed by atoms with Gasteiger partial charge in [0.05, 0.1) is 11.9 Å². The second-order valence-electron chi connectivity index (χ2n) is 3.31. The van der Waals surface area contributed by atoms with Gasteiger partial charge in [0.25, 0.3) is 0 Å². The van der Waals surface area contributed by atoms with Crippen LogP contribution in [0.25, 0.3) is 0 Å². The molecular formula is C14H10BeO4. The van der Waals surface area contributed by atoms with Crippen LogP contribution in [-0.4, -0.2) is 22.1 Å². The maximum Gasteiger partial charge on any atom is 2.00 e. The zero-order valence-corrected chi connectivity index (χ0v) is 10.1. The molecule has 0 aliphatic carbocycles. The van der Waals surface area contributed by atoms with E-state index in [1.807, 2.05) is 0 Å². The molecule has 0 heterocycles. The van der Waals surface area contributed by atoms with Gasteiger partial charge in [0.2, 0.25) is 0 Å². The number of hydrogen-bond acceptors (Lipinski definition) is 4. The quantitative estimate of drug-likeness (QED) is 0.687. The smallest absolute Gasteiger partial charge is 0.545 e. The molecule has 2 aromatic carbocycles. The van der Waals surface area contributed by atoms with E-state index in [4.69, 9.17) is 0 Å². The van der Waals surface area contributed by atoms with E-state index in [2.05, 4.69) is 0 Å². The molecule has 0 amide bonds. The molecule has 92 valence electrons. The molecule has 2 aromatic rings. The van der Waals surface area contributed by atoms with Gasteiger partial charge in [0, 0.05) is 0 Å². The summed E-state index contributed by atoms with van der Waals surface area (Å²) in [6, 6.07) is 16.1. The number of carbonyl (C=O) groups is 2. The van der Waals surface area contributed by atoms with Gasteiger partial charge in [0.1, 0.15) is 0 Å². The van der Waals surface area contributed by atoms with Crippen molar-refractivity contribution in [2.24, 2.45) is 0 Å². The minimum atomic E-state index is -1.13. The third kappa shape index (κ3) is 6.15. The molecule has 4 nitrogen and oxygen atoms in total. The molecule has 0 spiro atoms. The van der Waals surface area contributed by atoms with Gasteiger partial charge in [-0.05, 0) is 11.1 Å². The van der Waals surface area contributed by atoms with Crippen LogP contribution in [0.2, 0.25) is 0 Å². The summed E-state index contributed by atoms with van der Waals surface area (Å²) in [5, 5.41) is 20.2. The van der Waals surface area contributed by atoms with E-state index in [0.717, 1.165) is 0 Å². The van der Waals surface area contributed by atoms with Gasteiger partial charge in [-0.1, -0.05) is 60.7 Å². The fourth-order valence-electron chi connectivity index (χ4n) is 1.15. The van der Waals surface area contributed by atoms with Gasteiger partial charge in [-0.3, -0.25) is 0 Å². The van der Waals surface area contributed by atoms with Crippen molar-refractivity contribution in [3.05, 3.63) is 71.8 Å². The van der Waals surface area contributed by atoms with Crippen LogP contribution in [0.4, 0.5) is 0 Å². The molecule has 0 radical (unpaired) electrons. The topological polar surface area (TPSA) is 80.3 Å². The number of carboxylic acid groups (broad SMARTS) is 2. The SMILES string of the molecule is O=C([O-])c1ccccc1.O=C([O-])c1ccccc1.[Be+2]. The molecule has 0 aliphatic rings. The Bertz CT molecular complexity index is 462. The number of hydrogen-bond donors (Lipinski definition) is 0. The standard InChI is InChI=1S/2C7H6O2.Be/c2*8-7(9)6-4-2-1-3-5-6;/h2*1-5H,(H,8,9);/q;;+2/p-2. The predicted molar refractivity (Wildman–Crippen MR) is 67.3 cm³/mol. The van der Waals surface area contributed by atoms with Gasteiger partial charge < -0.3 is 19.8 Å². The number of aromatic carboxylic acids is 2. The molecule has 0 saturated carbocycles. The Balaban J connectivity index is 0.000000324. The number of carboxylic acids is 2. The Morgan fingerprint density at radius 1 is 0.632 bits per heavy atom. The molecule has 5 heteroatoms. The van der Waals surface area contributed by atoms with Crippen LogP contribution in [0.5, 0.6) is 0 Å². The average Bonchev–Trinajstić information content (AvgIpc) is 2.41. The van der Waals surface area contributed by atoms with Crippen LogP contribution in [-0.2, 0) is 0 Å². The Kier molecular flexibility index (Phi) is 7.50. The van der Waals surface area contributed by atoms with E-state index in [1.165, 1.54) is 24.3 Å². The minimum absolute atomic E-state index is 0. The van der Waals surface area contributed by atoms with E-state index < -0.39 is 11.9 Å². The van der Waals surface area contributed by atoms with Crippen LogP contribution in [0.3, 0.4) is 0 Å². The maximum absolute atomic E-state index is 10.1. The van der Waals surface area contributed by atoms with E-state index in [1.54, 1.807) is 36.4 Å². The fourth-order valence-corrected chi connectivity index (χ4v) is 1.15. The predicted octanol–water partition coefficient (Wildman–Crippen LogP) is -0.281. The molecule has 0 N–H and O–H groups in total. The van der Waals surface area contributed by atoms with Gasteiger partial charge in [-0.2, -0.15) is 0 Å². The van der Waals surface area contributed by atoms with E-state index in [-0.39, 0.29) is 21.2 Å². The third-order valence-electron chi connectivity index (χ3n) is 2.02. The Morgan fingerprint density at radius 3 is 1.05 bits per heavy atom. The zero-order chi connectivity index (χ0) is 13.4. The molecular weight excluding hydrogens is 241 g/mol. The normalized spacial score (nSPS) is 8.42. The number of carbonyl (C=O) groups excluding carboxylic acids is 2. The summed E-state index contributed by atoms with van der Waals surface area (Å²) in [6.45, 7) is 0. The van der Waals surface area contributed by atoms with Gasteiger partial charge >= 0.3 is 10.1 Å². The van der Waals surface area contributed by atoms with Gasteiger partial charge in [-0.25, -0.2) is 0 Å². The van der Waals surface area contributed by atoms with Crippen LogP contribution in [0, 0.1) is 0 Å². The van der Waals surface area contributed by atoms with Crippen molar-refractivity contribution in [1.82, 2.24) is 0 Å². The first-order valence-electron chi connectivity index (χ1n) is 5.14. The van der Waals surface area contributed by atoms with Crippen molar-refractivity contribution >= 4 is 22.1 Å². The van der Waals surface area contributed by atoms with Crippen LogP contribution in [0.1, 0.15) is 20.7 Å². The van der Waals surface area contributed by atoms with Crippen molar-refractivity contribution in [2.45, 2.75) is 0 Å². The second-order valence-corrected chi connectivity index (χ2v) is 3.31. The molecule has 0 saturated heterocycles. The summed E-state index contributed by atoms with van der Waals surface area (Å²) >= 11 is 0. The van der Waals surface area contributed by atoms with Crippen molar-refractivity contribution in [2.75, 3.05) is 0 Å². The van der Waals surface area contributed by atoms with Crippen LogP contribution < -0.4 is 10.2 Å². The summed E-state index contributed by atoms with van der Waals surface area (Å²) in [4.78, 5) is 20.2. The molecule has 19 heavy (non-hydrogen) atoms. The zero-order valence-electron chi connectivity index (χ0n) is 10.1.